The third kappa shape index (κ3) is 2.85. The van der Waals surface area contributed by atoms with Gasteiger partial charge in [0.25, 0.3) is 0 Å². The highest BCUT2D eigenvalue weighted by Gasteiger charge is 2.46. The topological polar surface area (TPSA) is 12.9 Å². The summed E-state index contributed by atoms with van der Waals surface area (Å²) in [6.45, 7) is 16.6. The van der Waals surface area contributed by atoms with Crippen LogP contribution < -0.4 is 0 Å². The normalized spacial score (nSPS) is 22.8. The summed E-state index contributed by atoms with van der Waals surface area (Å²) in [5.74, 6) is 0.991. The Balaban J connectivity index is 2.07. The van der Waals surface area contributed by atoms with Crippen LogP contribution in [0.2, 0.25) is 0 Å². The van der Waals surface area contributed by atoms with Crippen LogP contribution in [0.5, 0.6) is 0 Å². The molecule has 0 N–H and O–H groups in total. The molecule has 1 heterocycles. The van der Waals surface area contributed by atoms with Gasteiger partial charge in [0.05, 0.1) is 5.69 Å². The van der Waals surface area contributed by atoms with Gasteiger partial charge in [-0.25, -0.2) is 0 Å². The molecule has 2 aromatic rings. The minimum atomic E-state index is -0.0174. The van der Waals surface area contributed by atoms with Crippen molar-refractivity contribution in [2.75, 3.05) is 0 Å². The van der Waals surface area contributed by atoms with Crippen molar-refractivity contribution in [2.45, 2.75) is 66.7 Å². The zero-order valence-corrected chi connectivity index (χ0v) is 19.1. The molecule has 152 valence electrons. The summed E-state index contributed by atoms with van der Waals surface area (Å²) in [5.41, 5.74) is 7.15. The van der Waals surface area contributed by atoms with Crippen LogP contribution in [0.25, 0.3) is 16.3 Å². The van der Waals surface area contributed by atoms with Gasteiger partial charge in [0.15, 0.2) is 0 Å². The summed E-state index contributed by atoms with van der Waals surface area (Å²) >= 11 is 0. The highest BCUT2D eigenvalue weighted by atomic mass is 14.7. The maximum Gasteiger partial charge on any atom is 0.0749 e. The number of pyridine rings is 1. The Kier molecular flexibility index (Phi) is 4.84. The average molecular weight is 386 g/mol. The molecule has 4 rings (SSSR count). The van der Waals surface area contributed by atoms with Crippen LogP contribution in [0.1, 0.15) is 72.6 Å². The molecule has 1 aromatic carbocycles. The molecule has 2 aliphatic carbocycles. The molecule has 0 saturated heterocycles. The highest BCUT2D eigenvalue weighted by molar-refractivity contribution is 6.01. The van der Waals surface area contributed by atoms with Crippen LogP contribution in [-0.4, -0.2) is 4.98 Å². The fourth-order valence-electron chi connectivity index (χ4n) is 5.75. The van der Waals surface area contributed by atoms with Gasteiger partial charge in [-0.15, -0.1) is 0 Å². The Morgan fingerprint density at radius 1 is 1.24 bits per heavy atom. The zero-order chi connectivity index (χ0) is 21.0. The second-order valence-electron chi connectivity index (χ2n) is 9.98. The average Bonchev–Trinajstić information content (AvgIpc) is 2.69. The van der Waals surface area contributed by atoms with E-state index in [2.05, 4.69) is 91.0 Å². The largest absolute Gasteiger partial charge is 0.256 e. The summed E-state index contributed by atoms with van der Waals surface area (Å²) in [4.78, 5) is 5.02. The number of rotatable bonds is 4. The Morgan fingerprint density at radius 3 is 2.69 bits per heavy atom. The summed E-state index contributed by atoms with van der Waals surface area (Å²) in [6, 6.07) is 8.93. The van der Waals surface area contributed by atoms with Gasteiger partial charge in [-0.2, -0.15) is 0 Å². The predicted octanol–water partition coefficient (Wildman–Crippen LogP) is 7.87. The van der Waals surface area contributed by atoms with E-state index in [4.69, 9.17) is 4.98 Å². The molecule has 0 radical (unpaired) electrons. The van der Waals surface area contributed by atoms with E-state index in [9.17, 15) is 0 Å². The molecule has 0 aliphatic heterocycles. The fraction of sp³-hybridized carbons (Fsp3) is 0.464. The molecule has 1 nitrogen and oxygen atoms in total. The molecule has 0 amide bonds. The maximum absolute atomic E-state index is 5.02. The van der Waals surface area contributed by atoms with Gasteiger partial charge in [0, 0.05) is 17.0 Å². The number of aromatic nitrogens is 1. The molecule has 0 bridgehead atoms. The van der Waals surface area contributed by atoms with Crippen molar-refractivity contribution >= 4 is 16.3 Å². The number of benzene rings is 1. The number of allylic oxidation sites excluding steroid dienone is 6. The molecule has 2 unspecified atom stereocenters. The van der Waals surface area contributed by atoms with Crippen molar-refractivity contribution in [3.63, 3.8) is 0 Å². The molecule has 0 fully saturated rings. The number of fused-ring (bicyclic) bond motifs is 1. The Bertz CT molecular complexity index is 1040. The van der Waals surface area contributed by atoms with Gasteiger partial charge in [0.2, 0.25) is 0 Å². The SMILES string of the molecule is CCC=CC(C)(C(C)C)C1CC=C(C)C2=C1c1nccc3cccc(c13)C2(C)C. The molecular formula is C28H35N. The van der Waals surface area contributed by atoms with E-state index >= 15 is 0 Å². The van der Waals surface area contributed by atoms with Crippen molar-refractivity contribution in [3.8, 4) is 0 Å². The Morgan fingerprint density at radius 2 is 2.00 bits per heavy atom. The lowest BCUT2D eigenvalue weighted by atomic mass is 9.56. The summed E-state index contributed by atoms with van der Waals surface area (Å²) in [6.07, 6.45) is 11.5. The van der Waals surface area contributed by atoms with E-state index < -0.39 is 0 Å². The lowest BCUT2D eigenvalue weighted by Crippen LogP contribution is -2.37. The van der Waals surface area contributed by atoms with Gasteiger partial charge in [-0.1, -0.05) is 83.5 Å². The van der Waals surface area contributed by atoms with Crippen molar-refractivity contribution in [1.82, 2.24) is 4.98 Å². The van der Waals surface area contributed by atoms with E-state index in [0.717, 1.165) is 12.8 Å². The molecule has 0 saturated carbocycles. The van der Waals surface area contributed by atoms with Crippen LogP contribution in [0, 0.1) is 17.3 Å². The zero-order valence-electron chi connectivity index (χ0n) is 19.1. The van der Waals surface area contributed by atoms with Crippen LogP contribution in [0.4, 0.5) is 0 Å². The second-order valence-corrected chi connectivity index (χ2v) is 9.98. The quantitative estimate of drug-likeness (QED) is 0.488. The minimum Gasteiger partial charge on any atom is -0.256 e. The van der Waals surface area contributed by atoms with Crippen molar-refractivity contribution in [1.29, 1.82) is 0 Å². The van der Waals surface area contributed by atoms with Gasteiger partial charge >= 0.3 is 0 Å². The second kappa shape index (κ2) is 6.97. The first-order valence-electron chi connectivity index (χ1n) is 11.2. The molecular weight excluding hydrogens is 350 g/mol. The standard InChI is InChI=1S/C28H35N/c1-8-9-16-28(7,18(2)3)22-14-13-19(4)25-24(22)26-23-20(15-17-29-26)11-10-12-21(23)27(25,5)6/h9-13,15-18,22H,8,14H2,1-7H3. The van der Waals surface area contributed by atoms with Crippen molar-refractivity contribution in [2.24, 2.45) is 17.3 Å². The summed E-state index contributed by atoms with van der Waals surface area (Å²) in [7, 11) is 0. The number of hydrogen-bond acceptors (Lipinski definition) is 1. The molecule has 2 aliphatic rings. The van der Waals surface area contributed by atoms with E-state index in [1.165, 1.54) is 38.7 Å². The molecule has 29 heavy (non-hydrogen) atoms. The Hall–Kier alpha value is -2.15. The smallest absolute Gasteiger partial charge is 0.0749 e. The number of hydrogen-bond donors (Lipinski definition) is 0. The lowest BCUT2D eigenvalue weighted by Gasteiger charge is -2.47. The fourth-order valence-corrected chi connectivity index (χ4v) is 5.75. The Labute approximate surface area is 176 Å². The van der Waals surface area contributed by atoms with E-state index in [-0.39, 0.29) is 10.8 Å². The van der Waals surface area contributed by atoms with Crippen molar-refractivity contribution in [3.05, 3.63) is 71.1 Å². The third-order valence-corrected chi connectivity index (χ3v) is 7.72. The van der Waals surface area contributed by atoms with Crippen LogP contribution in [0.3, 0.4) is 0 Å². The maximum atomic E-state index is 5.02. The lowest BCUT2D eigenvalue weighted by molar-refractivity contribution is 0.219. The molecule has 1 heteroatoms. The summed E-state index contributed by atoms with van der Waals surface area (Å²) in [5, 5.41) is 2.68. The van der Waals surface area contributed by atoms with Crippen molar-refractivity contribution < 1.29 is 0 Å². The van der Waals surface area contributed by atoms with E-state index in [1.54, 1.807) is 0 Å². The van der Waals surface area contributed by atoms with Gasteiger partial charge in [0.1, 0.15) is 0 Å². The highest BCUT2D eigenvalue weighted by Crippen LogP contribution is 2.57. The molecule has 2 atom stereocenters. The molecule has 1 aromatic heterocycles. The number of nitrogens with zero attached hydrogens (tertiary/aromatic N) is 1. The first kappa shape index (κ1) is 20.1. The summed E-state index contributed by atoms with van der Waals surface area (Å²) < 4.78 is 0. The van der Waals surface area contributed by atoms with Crippen LogP contribution in [-0.2, 0) is 5.41 Å². The van der Waals surface area contributed by atoms with Crippen LogP contribution >= 0.6 is 0 Å². The van der Waals surface area contributed by atoms with Crippen LogP contribution in [0.15, 0.2) is 59.8 Å². The van der Waals surface area contributed by atoms with Gasteiger partial charge in [-0.05, 0) is 65.2 Å². The monoisotopic (exact) mass is 385 g/mol. The predicted molar refractivity (Wildman–Crippen MR) is 126 cm³/mol. The third-order valence-electron chi connectivity index (χ3n) is 7.72. The molecule has 0 spiro atoms. The first-order chi connectivity index (χ1) is 13.7. The van der Waals surface area contributed by atoms with Gasteiger partial charge in [-0.3, -0.25) is 4.98 Å². The first-order valence-corrected chi connectivity index (χ1v) is 11.2. The van der Waals surface area contributed by atoms with Gasteiger partial charge < -0.3 is 0 Å². The minimum absolute atomic E-state index is 0.0174. The van der Waals surface area contributed by atoms with E-state index in [1.807, 2.05) is 6.20 Å². The van der Waals surface area contributed by atoms with E-state index in [0.29, 0.717) is 11.8 Å².